The van der Waals surface area contributed by atoms with Crippen molar-refractivity contribution in [3.63, 3.8) is 0 Å². The molecule has 1 amide bonds. The molecule has 2 aromatic rings. The summed E-state index contributed by atoms with van der Waals surface area (Å²) in [5.74, 6) is -0.486. The summed E-state index contributed by atoms with van der Waals surface area (Å²) < 4.78 is 67.8. The number of rotatable bonds is 8. The van der Waals surface area contributed by atoms with Gasteiger partial charge in [0.2, 0.25) is 10.0 Å². The molecule has 2 heterocycles. The number of nitrogens with zero attached hydrogens (tertiary/aromatic N) is 1. The number of benzene rings is 1. The molecule has 1 aliphatic rings. The van der Waals surface area contributed by atoms with Gasteiger partial charge in [0.15, 0.2) is 0 Å². The van der Waals surface area contributed by atoms with Gasteiger partial charge in [-0.2, -0.15) is 17.5 Å². The van der Waals surface area contributed by atoms with E-state index in [1.807, 2.05) is 0 Å². The zero-order valence-electron chi connectivity index (χ0n) is 15.9. The molecule has 0 saturated carbocycles. The van der Waals surface area contributed by atoms with E-state index < -0.39 is 28.7 Å². The number of nitrogens with one attached hydrogen (secondary N) is 1. The number of ether oxygens (including phenoxy) is 1. The molecule has 1 aromatic carbocycles. The number of sulfonamides is 1. The SMILES string of the molecule is O=C(NCc1ccc(COCC(F)(F)F)cc1)c1sccc1S(=O)(=O)N1CCCC1. The number of alkyl halides is 3. The van der Waals surface area contributed by atoms with E-state index in [0.29, 0.717) is 18.7 Å². The van der Waals surface area contributed by atoms with Crippen LogP contribution in [0.1, 0.15) is 33.6 Å². The molecule has 6 nitrogen and oxygen atoms in total. The zero-order chi connectivity index (χ0) is 21.8. The van der Waals surface area contributed by atoms with E-state index in [-0.39, 0.29) is 22.9 Å². The summed E-state index contributed by atoms with van der Waals surface area (Å²) in [5, 5.41) is 4.27. The van der Waals surface area contributed by atoms with E-state index in [9.17, 15) is 26.4 Å². The van der Waals surface area contributed by atoms with Gasteiger partial charge in [-0.05, 0) is 35.4 Å². The minimum atomic E-state index is -4.37. The summed E-state index contributed by atoms with van der Waals surface area (Å²) in [6.07, 6.45) is -2.75. The van der Waals surface area contributed by atoms with E-state index >= 15 is 0 Å². The van der Waals surface area contributed by atoms with Crippen molar-refractivity contribution >= 4 is 27.3 Å². The summed E-state index contributed by atoms with van der Waals surface area (Å²) in [5.41, 5.74) is 1.30. The van der Waals surface area contributed by atoms with Crippen molar-refractivity contribution in [3.05, 3.63) is 51.7 Å². The molecule has 164 valence electrons. The van der Waals surface area contributed by atoms with Crippen LogP contribution < -0.4 is 5.32 Å². The first-order valence-corrected chi connectivity index (χ1v) is 11.6. The van der Waals surface area contributed by atoms with Gasteiger partial charge in [-0.1, -0.05) is 24.3 Å². The smallest absolute Gasteiger partial charge is 0.367 e. The van der Waals surface area contributed by atoms with Crippen molar-refractivity contribution < 1.29 is 31.1 Å². The summed E-state index contributed by atoms with van der Waals surface area (Å²) in [6.45, 7) is -0.409. The molecule has 0 unspecified atom stereocenters. The molecule has 3 rings (SSSR count). The second-order valence-corrected chi connectivity index (χ2v) is 9.65. The van der Waals surface area contributed by atoms with Gasteiger partial charge < -0.3 is 10.1 Å². The highest BCUT2D eigenvalue weighted by molar-refractivity contribution is 7.89. The molecule has 0 spiro atoms. The highest BCUT2D eigenvalue weighted by Gasteiger charge is 2.31. The van der Waals surface area contributed by atoms with E-state index in [2.05, 4.69) is 10.1 Å². The second kappa shape index (κ2) is 9.46. The number of hydrogen-bond donors (Lipinski definition) is 1. The van der Waals surface area contributed by atoms with Gasteiger partial charge in [-0.3, -0.25) is 4.79 Å². The standard InChI is InChI=1S/C19H21F3N2O4S2/c20-19(21,22)13-28-12-15-5-3-14(4-6-15)11-23-18(25)17-16(7-10-29-17)30(26,27)24-8-1-2-9-24/h3-7,10H,1-2,8-9,11-13H2,(H,23,25). The van der Waals surface area contributed by atoms with Gasteiger partial charge in [0, 0.05) is 19.6 Å². The molecule has 0 bridgehead atoms. The van der Waals surface area contributed by atoms with Crippen molar-refractivity contribution in [3.8, 4) is 0 Å². The van der Waals surface area contributed by atoms with Crippen molar-refractivity contribution in [2.45, 2.75) is 37.1 Å². The lowest BCUT2D eigenvalue weighted by atomic mass is 10.1. The third-order valence-corrected chi connectivity index (χ3v) is 7.51. The number of hydrogen-bond acceptors (Lipinski definition) is 5. The Bertz CT molecular complexity index is 966. The van der Waals surface area contributed by atoms with E-state index in [4.69, 9.17) is 0 Å². The lowest BCUT2D eigenvalue weighted by Gasteiger charge is -2.15. The molecule has 0 atom stereocenters. The fourth-order valence-corrected chi connectivity index (χ4v) is 5.87. The highest BCUT2D eigenvalue weighted by atomic mass is 32.2. The van der Waals surface area contributed by atoms with Crippen LogP contribution >= 0.6 is 11.3 Å². The van der Waals surface area contributed by atoms with Crippen molar-refractivity contribution in [2.24, 2.45) is 0 Å². The van der Waals surface area contributed by atoms with Crippen LogP contribution in [0.5, 0.6) is 0 Å². The Morgan fingerprint density at radius 3 is 2.37 bits per heavy atom. The first-order chi connectivity index (χ1) is 14.2. The van der Waals surface area contributed by atoms with Crippen LogP contribution in [0.15, 0.2) is 40.6 Å². The van der Waals surface area contributed by atoms with Crippen LogP contribution in [0.2, 0.25) is 0 Å². The molecule has 30 heavy (non-hydrogen) atoms. The molecular weight excluding hydrogens is 441 g/mol. The Hall–Kier alpha value is -1.95. The lowest BCUT2D eigenvalue weighted by Crippen LogP contribution is -2.30. The Labute approximate surface area is 176 Å². The van der Waals surface area contributed by atoms with Crippen molar-refractivity contribution in [1.82, 2.24) is 9.62 Å². The summed E-state index contributed by atoms with van der Waals surface area (Å²) in [6, 6.07) is 8.02. The molecule has 1 saturated heterocycles. The molecule has 11 heteroatoms. The van der Waals surface area contributed by atoms with Crippen molar-refractivity contribution in [2.75, 3.05) is 19.7 Å². The molecular formula is C19H21F3N2O4S2. The average Bonchev–Trinajstić information content (AvgIpc) is 3.38. The maximum atomic E-state index is 12.8. The molecule has 1 N–H and O–H groups in total. The topological polar surface area (TPSA) is 75.7 Å². The first-order valence-electron chi connectivity index (χ1n) is 9.25. The third kappa shape index (κ3) is 5.81. The maximum absolute atomic E-state index is 12.8. The monoisotopic (exact) mass is 462 g/mol. The number of thiophene rings is 1. The Kier molecular flexibility index (Phi) is 7.17. The quantitative estimate of drug-likeness (QED) is 0.651. The fourth-order valence-electron chi connectivity index (χ4n) is 3.03. The minimum absolute atomic E-state index is 0.0176. The zero-order valence-corrected chi connectivity index (χ0v) is 17.6. The van der Waals surface area contributed by atoms with Crippen LogP contribution in [0.25, 0.3) is 0 Å². The van der Waals surface area contributed by atoms with E-state index in [1.165, 1.54) is 10.4 Å². The first kappa shape index (κ1) is 22.7. The Morgan fingerprint density at radius 2 is 1.73 bits per heavy atom. The predicted octanol–water partition coefficient (Wildman–Crippen LogP) is 3.54. The number of amides is 1. The van der Waals surface area contributed by atoms with Gasteiger partial charge in [-0.25, -0.2) is 8.42 Å². The Balaban J connectivity index is 1.57. The molecule has 1 aromatic heterocycles. The predicted molar refractivity (Wildman–Crippen MR) is 106 cm³/mol. The number of halogens is 3. The van der Waals surface area contributed by atoms with Crippen LogP contribution in [-0.4, -0.2) is 44.5 Å². The lowest BCUT2D eigenvalue weighted by molar-refractivity contribution is -0.176. The molecule has 1 fully saturated rings. The third-order valence-electron chi connectivity index (χ3n) is 4.53. The number of carbonyl (C=O) groups is 1. The summed E-state index contributed by atoms with van der Waals surface area (Å²) >= 11 is 1.07. The molecule has 0 aliphatic carbocycles. The van der Waals surface area contributed by atoms with Crippen LogP contribution in [0.4, 0.5) is 13.2 Å². The average molecular weight is 463 g/mol. The normalized spacial score (nSPS) is 15.4. The van der Waals surface area contributed by atoms with E-state index in [0.717, 1.165) is 29.7 Å². The molecule has 1 aliphatic heterocycles. The van der Waals surface area contributed by atoms with Gasteiger partial charge in [-0.15, -0.1) is 11.3 Å². The summed E-state index contributed by atoms with van der Waals surface area (Å²) in [4.78, 5) is 12.7. The largest absolute Gasteiger partial charge is 0.411 e. The Morgan fingerprint density at radius 1 is 1.10 bits per heavy atom. The second-order valence-electron chi connectivity index (χ2n) is 6.83. The summed E-state index contributed by atoms with van der Waals surface area (Å²) in [7, 11) is -3.69. The van der Waals surface area contributed by atoms with Gasteiger partial charge in [0.25, 0.3) is 5.91 Å². The van der Waals surface area contributed by atoms with Crippen LogP contribution in [-0.2, 0) is 27.9 Å². The van der Waals surface area contributed by atoms with Gasteiger partial charge >= 0.3 is 6.18 Å². The molecule has 0 radical (unpaired) electrons. The number of carbonyl (C=O) groups excluding carboxylic acids is 1. The van der Waals surface area contributed by atoms with E-state index in [1.54, 1.807) is 29.6 Å². The van der Waals surface area contributed by atoms with Crippen LogP contribution in [0.3, 0.4) is 0 Å². The van der Waals surface area contributed by atoms with Crippen LogP contribution in [0, 0.1) is 0 Å². The fraction of sp³-hybridized carbons (Fsp3) is 0.421. The minimum Gasteiger partial charge on any atom is -0.367 e. The van der Waals surface area contributed by atoms with Crippen molar-refractivity contribution in [1.29, 1.82) is 0 Å². The van der Waals surface area contributed by atoms with Gasteiger partial charge in [0.1, 0.15) is 16.4 Å². The highest BCUT2D eigenvalue weighted by Crippen LogP contribution is 2.27. The maximum Gasteiger partial charge on any atom is 0.411 e. The van der Waals surface area contributed by atoms with Gasteiger partial charge in [0.05, 0.1) is 6.61 Å².